The number of benzene rings is 2. The van der Waals surface area contributed by atoms with Crippen molar-refractivity contribution in [2.75, 3.05) is 27.2 Å². The van der Waals surface area contributed by atoms with Crippen molar-refractivity contribution >= 4 is 11.8 Å². The lowest BCUT2D eigenvalue weighted by atomic mass is 9.94. The fraction of sp³-hybridized carbons (Fsp3) is 0.364. The van der Waals surface area contributed by atoms with Crippen LogP contribution >= 0.6 is 0 Å². The van der Waals surface area contributed by atoms with Gasteiger partial charge in [-0.2, -0.15) is 0 Å². The van der Waals surface area contributed by atoms with Crippen LogP contribution in [-0.2, 0) is 11.3 Å². The van der Waals surface area contributed by atoms with Crippen LogP contribution in [0.15, 0.2) is 42.5 Å². The first-order valence-electron chi connectivity index (χ1n) is 9.51. The molecule has 5 nitrogen and oxygen atoms in total. The summed E-state index contributed by atoms with van der Waals surface area (Å²) in [4.78, 5) is 28.5. The van der Waals surface area contributed by atoms with E-state index in [2.05, 4.69) is 0 Å². The van der Waals surface area contributed by atoms with E-state index in [1.54, 1.807) is 19.1 Å². The van der Waals surface area contributed by atoms with Crippen LogP contribution in [0.4, 0.5) is 8.78 Å². The lowest BCUT2D eigenvalue weighted by Gasteiger charge is -2.33. The summed E-state index contributed by atoms with van der Waals surface area (Å²) in [5.41, 5.74) is 0.825. The van der Waals surface area contributed by atoms with Gasteiger partial charge in [-0.25, -0.2) is 8.78 Å². The first kappa shape index (κ1) is 20.8. The molecule has 2 amide bonds. The van der Waals surface area contributed by atoms with Gasteiger partial charge >= 0.3 is 0 Å². The molecule has 1 aliphatic rings. The summed E-state index contributed by atoms with van der Waals surface area (Å²) in [5, 5.41) is 0. The molecule has 0 aromatic heterocycles. The molecular weight excluding hydrogens is 378 g/mol. The number of nitrogens with zero attached hydrogens (tertiary/aromatic N) is 2. The maximum Gasteiger partial charge on any atom is 0.256 e. The van der Waals surface area contributed by atoms with Crippen LogP contribution in [-0.4, -0.2) is 48.9 Å². The number of likely N-dealkylation sites (tertiary alicyclic amines) is 1. The van der Waals surface area contributed by atoms with E-state index >= 15 is 0 Å². The van der Waals surface area contributed by atoms with Gasteiger partial charge in [0.15, 0.2) is 0 Å². The lowest BCUT2D eigenvalue weighted by Crippen LogP contribution is -2.43. The van der Waals surface area contributed by atoms with E-state index in [-0.39, 0.29) is 17.4 Å². The second-order valence-electron chi connectivity index (χ2n) is 7.24. The molecule has 0 aliphatic carbocycles. The SMILES string of the molecule is COc1cccc(CN(C)C(=O)C2CCN(C(=O)c3ccc(F)cc3F)CC2)c1. The summed E-state index contributed by atoms with van der Waals surface area (Å²) < 4.78 is 32.1. The number of amides is 2. The summed E-state index contributed by atoms with van der Waals surface area (Å²) in [7, 11) is 3.36. The highest BCUT2D eigenvalue weighted by atomic mass is 19.1. The van der Waals surface area contributed by atoms with Gasteiger partial charge in [0.05, 0.1) is 12.7 Å². The summed E-state index contributed by atoms with van der Waals surface area (Å²) >= 11 is 0. The van der Waals surface area contributed by atoms with Crippen molar-refractivity contribution in [2.24, 2.45) is 5.92 Å². The second kappa shape index (κ2) is 9.03. The van der Waals surface area contributed by atoms with Crippen LogP contribution in [0.5, 0.6) is 5.75 Å². The topological polar surface area (TPSA) is 49.9 Å². The van der Waals surface area contributed by atoms with Crippen molar-refractivity contribution < 1.29 is 23.1 Å². The molecule has 0 bridgehead atoms. The van der Waals surface area contributed by atoms with Crippen molar-refractivity contribution in [3.8, 4) is 5.75 Å². The van der Waals surface area contributed by atoms with E-state index < -0.39 is 17.5 Å². The molecule has 1 heterocycles. The van der Waals surface area contributed by atoms with Gasteiger partial charge in [0.25, 0.3) is 5.91 Å². The fourth-order valence-corrected chi connectivity index (χ4v) is 3.60. The molecule has 1 fully saturated rings. The Hall–Kier alpha value is -2.96. The monoisotopic (exact) mass is 402 g/mol. The zero-order valence-electron chi connectivity index (χ0n) is 16.5. The molecule has 2 aromatic carbocycles. The van der Waals surface area contributed by atoms with Gasteiger partial charge in [-0.3, -0.25) is 9.59 Å². The minimum Gasteiger partial charge on any atom is -0.497 e. The average molecular weight is 402 g/mol. The fourth-order valence-electron chi connectivity index (χ4n) is 3.60. The largest absolute Gasteiger partial charge is 0.497 e. The van der Waals surface area contributed by atoms with Gasteiger partial charge < -0.3 is 14.5 Å². The normalized spacial score (nSPS) is 14.6. The maximum atomic E-state index is 13.9. The number of methoxy groups -OCH3 is 1. The van der Waals surface area contributed by atoms with Crippen LogP contribution in [0.25, 0.3) is 0 Å². The van der Waals surface area contributed by atoms with Crippen molar-refractivity contribution in [3.05, 3.63) is 65.2 Å². The molecule has 1 saturated heterocycles. The molecule has 2 aromatic rings. The Bertz CT molecular complexity index is 895. The molecular formula is C22H24F2N2O3. The predicted molar refractivity (Wildman–Crippen MR) is 104 cm³/mol. The van der Waals surface area contributed by atoms with Gasteiger partial charge in [-0.1, -0.05) is 12.1 Å². The molecule has 154 valence electrons. The van der Waals surface area contributed by atoms with E-state index in [0.29, 0.717) is 38.5 Å². The summed E-state index contributed by atoms with van der Waals surface area (Å²) in [6.07, 6.45) is 1.02. The molecule has 0 spiro atoms. The highest BCUT2D eigenvalue weighted by Crippen LogP contribution is 2.23. The Balaban J connectivity index is 1.56. The Labute approximate surface area is 168 Å². The van der Waals surface area contributed by atoms with Crippen molar-refractivity contribution in [1.29, 1.82) is 0 Å². The number of ether oxygens (including phenoxy) is 1. The van der Waals surface area contributed by atoms with Gasteiger partial charge in [-0.15, -0.1) is 0 Å². The third-order valence-corrected chi connectivity index (χ3v) is 5.22. The predicted octanol–water partition coefficient (Wildman–Crippen LogP) is 3.48. The van der Waals surface area contributed by atoms with Crippen molar-refractivity contribution in [2.45, 2.75) is 19.4 Å². The summed E-state index contributed by atoms with van der Waals surface area (Å²) in [6.45, 7) is 1.19. The molecule has 0 unspecified atom stereocenters. The molecule has 3 rings (SSSR count). The summed E-state index contributed by atoms with van der Waals surface area (Å²) in [5.74, 6) is -1.49. The number of carbonyl (C=O) groups is 2. The Morgan fingerprint density at radius 2 is 1.86 bits per heavy atom. The first-order valence-corrected chi connectivity index (χ1v) is 9.51. The van der Waals surface area contributed by atoms with Crippen LogP contribution in [0.2, 0.25) is 0 Å². The van der Waals surface area contributed by atoms with Crippen molar-refractivity contribution in [3.63, 3.8) is 0 Å². The Kier molecular flexibility index (Phi) is 6.46. The maximum absolute atomic E-state index is 13.9. The lowest BCUT2D eigenvalue weighted by molar-refractivity contribution is -0.136. The van der Waals surface area contributed by atoms with E-state index in [0.717, 1.165) is 23.4 Å². The zero-order valence-corrected chi connectivity index (χ0v) is 16.5. The molecule has 0 atom stereocenters. The molecule has 7 heteroatoms. The molecule has 29 heavy (non-hydrogen) atoms. The number of piperidine rings is 1. The minimum atomic E-state index is -0.869. The van der Waals surface area contributed by atoms with Crippen LogP contribution in [0.1, 0.15) is 28.8 Å². The summed E-state index contributed by atoms with van der Waals surface area (Å²) in [6, 6.07) is 10.5. The van der Waals surface area contributed by atoms with E-state index in [4.69, 9.17) is 4.74 Å². The Morgan fingerprint density at radius 3 is 2.52 bits per heavy atom. The standard InChI is InChI=1S/C22H24F2N2O3/c1-25(14-15-4-3-5-18(12-15)29-2)21(27)16-8-10-26(11-9-16)22(28)19-7-6-17(23)13-20(19)24/h3-7,12-13,16H,8-11,14H2,1-2H3. The quantitative estimate of drug-likeness (QED) is 0.769. The van der Waals surface area contributed by atoms with Crippen LogP contribution in [0.3, 0.4) is 0 Å². The molecule has 0 radical (unpaired) electrons. The van der Waals surface area contributed by atoms with Crippen LogP contribution in [0, 0.1) is 17.6 Å². The number of hydrogen-bond donors (Lipinski definition) is 0. The van der Waals surface area contributed by atoms with Gasteiger partial charge in [0, 0.05) is 38.7 Å². The van der Waals surface area contributed by atoms with Gasteiger partial charge in [0.2, 0.25) is 5.91 Å². The second-order valence-corrected chi connectivity index (χ2v) is 7.24. The van der Waals surface area contributed by atoms with Gasteiger partial charge in [0.1, 0.15) is 17.4 Å². The van der Waals surface area contributed by atoms with E-state index in [1.807, 2.05) is 24.3 Å². The number of halogens is 2. The molecule has 1 aliphatic heterocycles. The third kappa shape index (κ3) is 4.91. The first-order chi connectivity index (χ1) is 13.9. The number of carbonyl (C=O) groups excluding carboxylic acids is 2. The Morgan fingerprint density at radius 1 is 1.14 bits per heavy atom. The highest BCUT2D eigenvalue weighted by Gasteiger charge is 2.30. The smallest absolute Gasteiger partial charge is 0.256 e. The highest BCUT2D eigenvalue weighted by molar-refractivity contribution is 5.94. The van der Waals surface area contributed by atoms with E-state index in [1.165, 1.54) is 4.90 Å². The van der Waals surface area contributed by atoms with Gasteiger partial charge in [-0.05, 0) is 42.7 Å². The van der Waals surface area contributed by atoms with Crippen LogP contribution < -0.4 is 4.74 Å². The molecule has 0 N–H and O–H groups in total. The minimum absolute atomic E-state index is 0.0212. The third-order valence-electron chi connectivity index (χ3n) is 5.22. The number of rotatable bonds is 5. The molecule has 0 saturated carbocycles. The number of hydrogen-bond acceptors (Lipinski definition) is 3. The zero-order chi connectivity index (χ0) is 21.0. The van der Waals surface area contributed by atoms with Crippen molar-refractivity contribution in [1.82, 2.24) is 9.80 Å². The average Bonchev–Trinajstić information content (AvgIpc) is 2.73. The van der Waals surface area contributed by atoms with E-state index in [9.17, 15) is 18.4 Å².